The summed E-state index contributed by atoms with van der Waals surface area (Å²) in [6.07, 6.45) is 2.56. The first-order chi connectivity index (χ1) is 9.61. The quantitative estimate of drug-likeness (QED) is 0.672. The van der Waals surface area contributed by atoms with Crippen molar-refractivity contribution in [3.63, 3.8) is 0 Å². The molecule has 5 heteroatoms. The monoisotopic (exact) mass is 339 g/mol. The minimum absolute atomic E-state index is 0.00727. The van der Waals surface area contributed by atoms with Crippen molar-refractivity contribution in [1.29, 1.82) is 0 Å². The molecule has 0 saturated carbocycles. The Labute approximate surface area is 127 Å². The Balaban J connectivity index is 1.87. The molecule has 0 fully saturated rings. The highest BCUT2D eigenvalue weighted by atomic mass is 79.9. The number of carbonyl (C=O) groups excluding carboxylic acids is 2. The molecule has 0 radical (unpaired) electrons. The van der Waals surface area contributed by atoms with E-state index < -0.39 is 4.83 Å². The number of alkyl halides is 1. The van der Waals surface area contributed by atoms with Gasteiger partial charge in [-0.05, 0) is 30.4 Å². The number of fused-ring (bicyclic) bond motifs is 1. The summed E-state index contributed by atoms with van der Waals surface area (Å²) in [5, 5.41) is 2.81. The Hall–Kier alpha value is -1.36. The Morgan fingerprint density at radius 1 is 1.40 bits per heavy atom. The van der Waals surface area contributed by atoms with Crippen LogP contribution >= 0.6 is 15.9 Å². The van der Waals surface area contributed by atoms with Crippen LogP contribution in [-0.2, 0) is 27.2 Å². The smallest absolute Gasteiger partial charge is 0.321 e. The average molecular weight is 340 g/mol. The third-order valence-corrected chi connectivity index (χ3v) is 4.33. The number of halogens is 1. The zero-order chi connectivity index (χ0) is 14.5. The Kier molecular flexibility index (Phi) is 5.17. The van der Waals surface area contributed by atoms with Gasteiger partial charge in [-0.25, -0.2) is 0 Å². The van der Waals surface area contributed by atoms with Crippen molar-refractivity contribution in [2.75, 3.05) is 13.7 Å². The molecule has 108 valence electrons. The summed E-state index contributed by atoms with van der Waals surface area (Å²) in [5.74, 6) is -0.380. The van der Waals surface area contributed by atoms with Crippen LogP contribution < -0.4 is 5.32 Å². The first kappa shape index (κ1) is 15.0. The minimum Gasteiger partial charge on any atom is -0.468 e. The number of ether oxygens (including phenoxy) is 1. The summed E-state index contributed by atoms with van der Waals surface area (Å²) in [5.41, 5.74) is 2.59. The van der Waals surface area contributed by atoms with Crippen molar-refractivity contribution < 1.29 is 14.3 Å². The number of methoxy groups -OCH3 is 1. The fraction of sp³-hybridized carbons (Fsp3) is 0.467. The number of hydrogen-bond donors (Lipinski definition) is 1. The number of esters is 1. The summed E-state index contributed by atoms with van der Waals surface area (Å²) >= 11 is 3.19. The number of nitrogens with one attached hydrogen (secondary N) is 1. The predicted octanol–water partition coefficient (Wildman–Crippen LogP) is 1.84. The molecule has 2 atom stereocenters. The predicted molar refractivity (Wildman–Crippen MR) is 79.7 cm³/mol. The van der Waals surface area contributed by atoms with Crippen LogP contribution in [0.25, 0.3) is 0 Å². The number of rotatable bonds is 4. The maximum atomic E-state index is 12.1. The van der Waals surface area contributed by atoms with E-state index >= 15 is 0 Å². The third kappa shape index (κ3) is 3.60. The van der Waals surface area contributed by atoms with Gasteiger partial charge in [0.15, 0.2) is 0 Å². The van der Waals surface area contributed by atoms with Crippen molar-refractivity contribution in [3.8, 4) is 0 Å². The highest BCUT2D eigenvalue weighted by Gasteiger charge is 2.25. The number of hydrogen-bond acceptors (Lipinski definition) is 3. The molecule has 0 aliphatic heterocycles. The van der Waals surface area contributed by atoms with Gasteiger partial charge in [-0.3, -0.25) is 9.59 Å². The van der Waals surface area contributed by atoms with Gasteiger partial charge in [0.05, 0.1) is 7.11 Å². The van der Waals surface area contributed by atoms with Gasteiger partial charge in [0.1, 0.15) is 4.83 Å². The molecule has 1 amide bonds. The molecule has 0 aromatic heterocycles. The highest BCUT2D eigenvalue weighted by Crippen LogP contribution is 2.25. The SMILES string of the molecule is COC(=O)C(Br)CNC(=O)C1CCc2ccccc2C1. The van der Waals surface area contributed by atoms with E-state index in [2.05, 4.69) is 38.1 Å². The number of carbonyl (C=O) groups is 2. The second-order valence-electron chi connectivity index (χ2n) is 4.94. The number of benzene rings is 1. The maximum absolute atomic E-state index is 12.1. The zero-order valence-electron chi connectivity index (χ0n) is 11.4. The van der Waals surface area contributed by atoms with E-state index in [0.29, 0.717) is 0 Å². The van der Waals surface area contributed by atoms with Crippen molar-refractivity contribution in [2.24, 2.45) is 5.92 Å². The van der Waals surface area contributed by atoms with Gasteiger partial charge in [-0.2, -0.15) is 0 Å². The normalized spacial score (nSPS) is 18.8. The van der Waals surface area contributed by atoms with Crippen molar-refractivity contribution >= 4 is 27.8 Å². The molecule has 0 spiro atoms. The lowest BCUT2D eigenvalue weighted by Crippen LogP contribution is -2.39. The molecule has 0 bridgehead atoms. The van der Waals surface area contributed by atoms with Crippen LogP contribution in [0.5, 0.6) is 0 Å². The minimum atomic E-state index is -0.493. The fourth-order valence-electron chi connectivity index (χ4n) is 2.47. The molecule has 2 rings (SSSR count). The molecule has 4 nitrogen and oxygen atoms in total. The summed E-state index contributed by atoms with van der Waals surface area (Å²) < 4.78 is 4.60. The molecule has 1 aliphatic carbocycles. The van der Waals surface area contributed by atoms with Crippen LogP contribution in [0.4, 0.5) is 0 Å². The van der Waals surface area contributed by atoms with Gasteiger partial charge in [0, 0.05) is 12.5 Å². The molecule has 1 aromatic rings. The number of amides is 1. The molecule has 2 unspecified atom stereocenters. The zero-order valence-corrected chi connectivity index (χ0v) is 13.0. The fourth-order valence-corrected chi connectivity index (χ4v) is 2.82. The molecule has 0 saturated heterocycles. The van der Waals surface area contributed by atoms with Gasteiger partial charge in [0.2, 0.25) is 5.91 Å². The van der Waals surface area contributed by atoms with E-state index in [1.807, 2.05) is 12.1 Å². The van der Waals surface area contributed by atoms with Gasteiger partial charge in [-0.15, -0.1) is 0 Å². The van der Waals surface area contributed by atoms with Crippen molar-refractivity contribution in [1.82, 2.24) is 5.32 Å². The first-order valence-corrected chi connectivity index (χ1v) is 7.59. The van der Waals surface area contributed by atoms with Gasteiger partial charge >= 0.3 is 5.97 Å². The molecule has 1 N–H and O–H groups in total. The third-order valence-electron chi connectivity index (χ3n) is 3.63. The second-order valence-corrected chi connectivity index (χ2v) is 6.05. The van der Waals surface area contributed by atoms with E-state index in [9.17, 15) is 9.59 Å². The van der Waals surface area contributed by atoms with Gasteiger partial charge in [-0.1, -0.05) is 40.2 Å². The van der Waals surface area contributed by atoms with Crippen LogP contribution in [0.2, 0.25) is 0 Å². The summed E-state index contributed by atoms with van der Waals surface area (Å²) in [7, 11) is 1.33. The van der Waals surface area contributed by atoms with E-state index in [1.165, 1.54) is 18.2 Å². The lowest BCUT2D eigenvalue weighted by molar-refractivity contribution is -0.139. The Bertz CT molecular complexity index is 504. The molecule has 1 aromatic carbocycles. The molecule has 0 heterocycles. The highest BCUT2D eigenvalue weighted by molar-refractivity contribution is 9.10. The largest absolute Gasteiger partial charge is 0.468 e. The van der Waals surface area contributed by atoms with Crippen LogP contribution in [0.1, 0.15) is 17.5 Å². The van der Waals surface area contributed by atoms with Crippen LogP contribution in [0.15, 0.2) is 24.3 Å². The summed E-state index contributed by atoms with van der Waals surface area (Å²) in [6.45, 7) is 0.254. The van der Waals surface area contributed by atoms with E-state index in [0.717, 1.165) is 19.3 Å². The van der Waals surface area contributed by atoms with E-state index in [-0.39, 0.29) is 24.3 Å². The Morgan fingerprint density at radius 3 is 2.80 bits per heavy atom. The van der Waals surface area contributed by atoms with Gasteiger partial charge in [0.25, 0.3) is 0 Å². The van der Waals surface area contributed by atoms with E-state index in [4.69, 9.17) is 0 Å². The van der Waals surface area contributed by atoms with Crippen molar-refractivity contribution in [2.45, 2.75) is 24.1 Å². The molecular formula is C15H18BrNO3. The molecular weight excluding hydrogens is 322 g/mol. The first-order valence-electron chi connectivity index (χ1n) is 6.68. The lowest BCUT2D eigenvalue weighted by Gasteiger charge is -2.24. The van der Waals surface area contributed by atoms with Crippen LogP contribution in [-0.4, -0.2) is 30.4 Å². The van der Waals surface area contributed by atoms with Gasteiger partial charge < -0.3 is 10.1 Å². The summed E-state index contributed by atoms with van der Waals surface area (Å²) in [4.78, 5) is 22.9. The number of aryl methyl sites for hydroxylation is 1. The standard InChI is InChI=1S/C15H18BrNO3/c1-20-15(19)13(16)9-17-14(18)12-7-6-10-4-2-3-5-11(10)8-12/h2-5,12-13H,6-9H2,1H3,(H,17,18). The Morgan fingerprint density at radius 2 is 2.10 bits per heavy atom. The van der Waals surface area contributed by atoms with Crippen molar-refractivity contribution in [3.05, 3.63) is 35.4 Å². The molecule has 1 aliphatic rings. The summed E-state index contributed by atoms with van der Waals surface area (Å²) in [6, 6.07) is 8.24. The second kappa shape index (κ2) is 6.88. The maximum Gasteiger partial charge on any atom is 0.321 e. The molecule has 20 heavy (non-hydrogen) atoms. The van der Waals surface area contributed by atoms with Crippen LogP contribution in [0.3, 0.4) is 0 Å². The topological polar surface area (TPSA) is 55.4 Å². The van der Waals surface area contributed by atoms with Crippen LogP contribution in [0, 0.1) is 5.92 Å². The average Bonchev–Trinajstić information content (AvgIpc) is 2.50. The lowest BCUT2D eigenvalue weighted by atomic mass is 9.83. The van der Waals surface area contributed by atoms with E-state index in [1.54, 1.807) is 0 Å².